The predicted octanol–water partition coefficient (Wildman–Crippen LogP) is 3.14. The average molecular weight is 352 g/mol. The molecular formula is C22H28N2O2. The number of benzene rings is 2. The van der Waals surface area contributed by atoms with Crippen molar-refractivity contribution >= 4 is 11.8 Å². The van der Waals surface area contributed by atoms with Gasteiger partial charge in [-0.2, -0.15) is 0 Å². The summed E-state index contributed by atoms with van der Waals surface area (Å²) in [7, 11) is 0. The Hall–Kier alpha value is -2.62. The topological polar surface area (TPSA) is 49.4 Å². The number of rotatable bonds is 9. The average Bonchev–Trinajstić information content (AvgIpc) is 2.63. The van der Waals surface area contributed by atoms with E-state index in [1.54, 1.807) is 11.8 Å². The van der Waals surface area contributed by atoms with Gasteiger partial charge in [0.05, 0.1) is 6.42 Å². The third kappa shape index (κ3) is 7.09. The van der Waals surface area contributed by atoms with E-state index in [9.17, 15) is 9.59 Å². The molecule has 4 nitrogen and oxygen atoms in total. The molecule has 0 saturated carbocycles. The first-order valence-electron chi connectivity index (χ1n) is 9.16. The number of nitrogens with one attached hydrogen (secondary N) is 1. The first-order chi connectivity index (χ1) is 12.5. The smallest absolute Gasteiger partial charge is 0.224 e. The van der Waals surface area contributed by atoms with Gasteiger partial charge < -0.3 is 10.2 Å². The van der Waals surface area contributed by atoms with Crippen molar-refractivity contribution in [3.8, 4) is 0 Å². The summed E-state index contributed by atoms with van der Waals surface area (Å²) in [5.41, 5.74) is 3.46. The van der Waals surface area contributed by atoms with E-state index in [4.69, 9.17) is 0 Å². The van der Waals surface area contributed by atoms with Crippen LogP contribution in [0.3, 0.4) is 0 Å². The van der Waals surface area contributed by atoms with Gasteiger partial charge in [0.25, 0.3) is 0 Å². The molecular weight excluding hydrogens is 324 g/mol. The standard InChI is InChI=1S/C22H28N2O2/c1-18-10-12-21(13-11-18)17-22(26)23-14-16-24(19(2)25)15-6-9-20-7-4-3-5-8-20/h3-5,7-8,10-13H,6,9,14-17H2,1-2H3,(H,23,26). The zero-order valence-corrected chi connectivity index (χ0v) is 15.7. The van der Waals surface area contributed by atoms with Crippen molar-refractivity contribution in [3.63, 3.8) is 0 Å². The molecule has 0 unspecified atom stereocenters. The molecule has 0 aliphatic rings. The van der Waals surface area contributed by atoms with E-state index in [0.717, 1.165) is 18.4 Å². The molecule has 0 fully saturated rings. The van der Waals surface area contributed by atoms with Gasteiger partial charge in [0.15, 0.2) is 0 Å². The molecule has 2 rings (SSSR count). The summed E-state index contributed by atoms with van der Waals surface area (Å²) in [4.78, 5) is 25.6. The van der Waals surface area contributed by atoms with Gasteiger partial charge in [0, 0.05) is 26.6 Å². The largest absolute Gasteiger partial charge is 0.354 e. The molecule has 0 atom stereocenters. The summed E-state index contributed by atoms with van der Waals surface area (Å²) in [6.07, 6.45) is 2.24. The van der Waals surface area contributed by atoms with Crippen molar-refractivity contribution in [2.45, 2.75) is 33.1 Å². The van der Waals surface area contributed by atoms with Crippen LogP contribution in [0.5, 0.6) is 0 Å². The van der Waals surface area contributed by atoms with E-state index < -0.39 is 0 Å². The van der Waals surface area contributed by atoms with Gasteiger partial charge in [-0.05, 0) is 30.9 Å². The Labute approximate surface area is 156 Å². The first-order valence-corrected chi connectivity index (χ1v) is 9.16. The fraction of sp³-hybridized carbons (Fsp3) is 0.364. The van der Waals surface area contributed by atoms with Crippen molar-refractivity contribution in [3.05, 3.63) is 71.3 Å². The minimum absolute atomic E-state index is 0.0124. The van der Waals surface area contributed by atoms with E-state index >= 15 is 0 Å². The first kappa shape index (κ1) is 19.7. The molecule has 2 amide bonds. The molecule has 0 saturated heterocycles. The van der Waals surface area contributed by atoms with Gasteiger partial charge in [0.1, 0.15) is 0 Å². The molecule has 138 valence electrons. The predicted molar refractivity (Wildman–Crippen MR) is 105 cm³/mol. The Morgan fingerprint density at radius 1 is 0.923 bits per heavy atom. The summed E-state index contributed by atoms with van der Waals surface area (Å²) in [6, 6.07) is 18.2. The molecule has 0 aliphatic heterocycles. The molecule has 0 radical (unpaired) electrons. The van der Waals surface area contributed by atoms with Crippen molar-refractivity contribution < 1.29 is 9.59 Å². The highest BCUT2D eigenvalue weighted by atomic mass is 16.2. The summed E-state index contributed by atoms with van der Waals surface area (Å²) >= 11 is 0. The second-order valence-corrected chi connectivity index (χ2v) is 6.61. The van der Waals surface area contributed by atoms with Crippen molar-refractivity contribution in [2.75, 3.05) is 19.6 Å². The molecule has 0 heterocycles. The molecule has 0 aromatic heterocycles. The number of aryl methyl sites for hydroxylation is 2. The lowest BCUT2D eigenvalue weighted by Crippen LogP contribution is -2.38. The van der Waals surface area contributed by atoms with E-state index in [-0.39, 0.29) is 11.8 Å². The number of nitrogens with zero attached hydrogens (tertiary/aromatic N) is 1. The van der Waals surface area contributed by atoms with Gasteiger partial charge in [-0.3, -0.25) is 9.59 Å². The molecule has 0 aliphatic carbocycles. The zero-order chi connectivity index (χ0) is 18.8. The van der Waals surface area contributed by atoms with Gasteiger partial charge in [-0.25, -0.2) is 0 Å². The number of carbonyl (C=O) groups excluding carboxylic acids is 2. The number of amides is 2. The number of hydrogen-bond donors (Lipinski definition) is 1. The number of carbonyl (C=O) groups is 2. The molecule has 0 spiro atoms. The maximum Gasteiger partial charge on any atom is 0.224 e. The van der Waals surface area contributed by atoms with Crippen LogP contribution in [-0.2, 0) is 22.4 Å². The maximum absolute atomic E-state index is 12.0. The molecule has 1 N–H and O–H groups in total. The minimum atomic E-state index is -0.0124. The third-order valence-corrected chi connectivity index (χ3v) is 4.37. The van der Waals surface area contributed by atoms with Crippen molar-refractivity contribution in [1.29, 1.82) is 0 Å². The second-order valence-electron chi connectivity index (χ2n) is 6.61. The van der Waals surface area contributed by atoms with Crippen LogP contribution in [0.1, 0.15) is 30.0 Å². The van der Waals surface area contributed by atoms with Crippen LogP contribution in [0.4, 0.5) is 0 Å². The normalized spacial score (nSPS) is 10.4. The van der Waals surface area contributed by atoms with E-state index in [0.29, 0.717) is 26.1 Å². The summed E-state index contributed by atoms with van der Waals surface area (Å²) in [6.45, 7) is 5.34. The van der Waals surface area contributed by atoms with Gasteiger partial charge >= 0.3 is 0 Å². The molecule has 0 bridgehead atoms. The van der Waals surface area contributed by atoms with Crippen LogP contribution in [0.25, 0.3) is 0 Å². The lowest BCUT2D eigenvalue weighted by atomic mass is 10.1. The Morgan fingerprint density at radius 2 is 1.62 bits per heavy atom. The zero-order valence-electron chi connectivity index (χ0n) is 15.7. The maximum atomic E-state index is 12.0. The quantitative estimate of drug-likeness (QED) is 0.754. The Balaban J connectivity index is 1.69. The van der Waals surface area contributed by atoms with Gasteiger partial charge in [-0.15, -0.1) is 0 Å². The molecule has 2 aromatic carbocycles. The summed E-state index contributed by atoms with van der Waals surface area (Å²) in [5, 5.41) is 2.91. The van der Waals surface area contributed by atoms with Crippen molar-refractivity contribution in [2.24, 2.45) is 0 Å². The fourth-order valence-electron chi connectivity index (χ4n) is 2.83. The van der Waals surface area contributed by atoms with Crippen LogP contribution in [-0.4, -0.2) is 36.3 Å². The van der Waals surface area contributed by atoms with Crippen LogP contribution in [0, 0.1) is 6.92 Å². The van der Waals surface area contributed by atoms with Crippen LogP contribution in [0.15, 0.2) is 54.6 Å². The van der Waals surface area contributed by atoms with Crippen LogP contribution < -0.4 is 5.32 Å². The van der Waals surface area contributed by atoms with Gasteiger partial charge in [-0.1, -0.05) is 60.2 Å². The Bertz CT molecular complexity index is 696. The summed E-state index contributed by atoms with van der Waals surface area (Å²) in [5.74, 6) is 0.0347. The Kier molecular flexibility index (Phi) is 7.87. The lowest BCUT2D eigenvalue weighted by Gasteiger charge is -2.21. The SMILES string of the molecule is CC(=O)N(CCCc1ccccc1)CCNC(=O)Cc1ccc(C)cc1. The van der Waals surface area contributed by atoms with E-state index in [2.05, 4.69) is 17.4 Å². The molecule has 2 aromatic rings. The lowest BCUT2D eigenvalue weighted by molar-refractivity contribution is -0.129. The van der Waals surface area contributed by atoms with E-state index in [1.165, 1.54) is 11.1 Å². The molecule has 4 heteroatoms. The van der Waals surface area contributed by atoms with Crippen LogP contribution in [0.2, 0.25) is 0 Å². The molecule has 26 heavy (non-hydrogen) atoms. The fourth-order valence-corrected chi connectivity index (χ4v) is 2.83. The monoisotopic (exact) mass is 352 g/mol. The Morgan fingerprint density at radius 3 is 2.27 bits per heavy atom. The van der Waals surface area contributed by atoms with Crippen LogP contribution >= 0.6 is 0 Å². The summed E-state index contributed by atoms with van der Waals surface area (Å²) < 4.78 is 0. The number of hydrogen-bond acceptors (Lipinski definition) is 2. The second kappa shape index (κ2) is 10.4. The van der Waals surface area contributed by atoms with Gasteiger partial charge in [0.2, 0.25) is 11.8 Å². The highest BCUT2D eigenvalue weighted by molar-refractivity contribution is 5.78. The highest BCUT2D eigenvalue weighted by Gasteiger charge is 2.09. The van der Waals surface area contributed by atoms with Crippen molar-refractivity contribution in [1.82, 2.24) is 10.2 Å². The third-order valence-electron chi connectivity index (χ3n) is 4.37. The minimum Gasteiger partial charge on any atom is -0.354 e. The van der Waals surface area contributed by atoms with E-state index in [1.807, 2.05) is 49.4 Å². The highest BCUT2D eigenvalue weighted by Crippen LogP contribution is 2.05.